The number of carbonyl (C=O) groups is 1. The Morgan fingerprint density at radius 1 is 1.30 bits per heavy atom. The molecule has 1 saturated heterocycles. The van der Waals surface area contributed by atoms with Gasteiger partial charge in [-0.25, -0.2) is 0 Å². The summed E-state index contributed by atoms with van der Waals surface area (Å²) in [6, 6.07) is 7.87. The summed E-state index contributed by atoms with van der Waals surface area (Å²) in [6.07, 6.45) is 0. The number of hydrogen-bond donors (Lipinski definition) is 2. The number of nitrogens with one attached hydrogen (secondary N) is 1. The van der Waals surface area contributed by atoms with Crippen LogP contribution in [0.3, 0.4) is 0 Å². The van der Waals surface area contributed by atoms with Crippen molar-refractivity contribution in [2.45, 2.75) is 26.1 Å². The Balaban J connectivity index is 1.81. The number of amides is 1. The zero-order chi connectivity index (χ0) is 14.4. The molecule has 1 aliphatic heterocycles. The molecule has 2 rings (SSSR count). The second-order valence-electron chi connectivity index (χ2n) is 5.21. The van der Waals surface area contributed by atoms with Gasteiger partial charge in [-0.15, -0.1) is 0 Å². The second-order valence-corrected chi connectivity index (χ2v) is 5.21. The molecule has 0 radical (unpaired) electrons. The highest BCUT2D eigenvalue weighted by molar-refractivity contribution is 5.80. The molecule has 0 saturated carbocycles. The highest BCUT2D eigenvalue weighted by atomic mass is 16.5. The topological polar surface area (TPSA) is 67.6 Å². The molecule has 1 aromatic rings. The van der Waals surface area contributed by atoms with E-state index in [4.69, 9.17) is 10.5 Å². The van der Waals surface area contributed by atoms with Crippen LogP contribution in [0.2, 0.25) is 0 Å². The Morgan fingerprint density at radius 3 is 2.50 bits per heavy atom. The summed E-state index contributed by atoms with van der Waals surface area (Å²) >= 11 is 0. The van der Waals surface area contributed by atoms with Gasteiger partial charge in [0.05, 0.1) is 19.3 Å². The van der Waals surface area contributed by atoms with E-state index in [0.717, 1.165) is 38.4 Å². The van der Waals surface area contributed by atoms with Gasteiger partial charge in [-0.2, -0.15) is 0 Å². The van der Waals surface area contributed by atoms with E-state index in [1.54, 1.807) is 6.92 Å². The fourth-order valence-corrected chi connectivity index (χ4v) is 2.13. The molecule has 0 bridgehead atoms. The molecule has 0 spiro atoms. The van der Waals surface area contributed by atoms with Crippen LogP contribution in [0.5, 0.6) is 0 Å². The Hall–Kier alpha value is -1.43. The van der Waals surface area contributed by atoms with Crippen LogP contribution in [0.1, 0.15) is 18.1 Å². The fourth-order valence-electron chi connectivity index (χ4n) is 2.13. The predicted molar refractivity (Wildman–Crippen MR) is 78.0 cm³/mol. The first-order chi connectivity index (χ1) is 9.65. The van der Waals surface area contributed by atoms with E-state index in [9.17, 15) is 4.79 Å². The molecule has 1 atom stereocenters. The molecule has 1 aliphatic rings. The largest absolute Gasteiger partial charge is 0.379 e. The van der Waals surface area contributed by atoms with Crippen LogP contribution in [0.25, 0.3) is 0 Å². The second kappa shape index (κ2) is 7.38. The van der Waals surface area contributed by atoms with E-state index in [-0.39, 0.29) is 5.91 Å². The van der Waals surface area contributed by atoms with Gasteiger partial charge in [-0.3, -0.25) is 9.69 Å². The van der Waals surface area contributed by atoms with Crippen molar-refractivity contribution >= 4 is 5.91 Å². The molecular formula is C15H23N3O2. The van der Waals surface area contributed by atoms with Gasteiger partial charge >= 0.3 is 0 Å². The van der Waals surface area contributed by atoms with Crippen molar-refractivity contribution < 1.29 is 9.53 Å². The number of benzene rings is 1. The predicted octanol–water partition coefficient (Wildman–Crippen LogP) is 0.482. The van der Waals surface area contributed by atoms with Gasteiger partial charge in [0.25, 0.3) is 0 Å². The van der Waals surface area contributed by atoms with Crippen LogP contribution in [-0.2, 0) is 22.6 Å². The highest BCUT2D eigenvalue weighted by Gasteiger charge is 2.10. The quantitative estimate of drug-likeness (QED) is 0.821. The molecule has 3 N–H and O–H groups in total. The number of ether oxygens (including phenoxy) is 1. The van der Waals surface area contributed by atoms with Gasteiger partial charge in [-0.05, 0) is 18.1 Å². The Morgan fingerprint density at radius 2 is 1.90 bits per heavy atom. The summed E-state index contributed by atoms with van der Waals surface area (Å²) in [4.78, 5) is 13.8. The Bertz CT molecular complexity index is 425. The molecule has 5 heteroatoms. The fraction of sp³-hybridized carbons (Fsp3) is 0.533. The minimum absolute atomic E-state index is 0.123. The van der Waals surface area contributed by atoms with Crippen LogP contribution in [0.4, 0.5) is 0 Å². The molecule has 1 aromatic carbocycles. The Kier molecular flexibility index (Phi) is 5.52. The van der Waals surface area contributed by atoms with Gasteiger partial charge in [-0.1, -0.05) is 24.3 Å². The van der Waals surface area contributed by atoms with Crippen molar-refractivity contribution in [1.29, 1.82) is 0 Å². The molecule has 5 nitrogen and oxygen atoms in total. The maximum absolute atomic E-state index is 11.4. The third-order valence-corrected chi connectivity index (χ3v) is 3.41. The summed E-state index contributed by atoms with van der Waals surface area (Å²) in [5, 5.41) is 2.81. The van der Waals surface area contributed by atoms with Gasteiger partial charge < -0.3 is 15.8 Å². The van der Waals surface area contributed by atoms with E-state index in [1.165, 1.54) is 5.56 Å². The van der Waals surface area contributed by atoms with Gasteiger partial charge in [0.15, 0.2) is 0 Å². The van der Waals surface area contributed by atoms with E-state index in [1.807, 2.05) is 0 Å². The average molecular weight is 277 g/mol. The van der Waals surface area contributed by atoms with Crippen LogP contribution in [-0.4, -0.2) is 43.2 Å². The van der Waals surface area contributed by atoms with Crippen molar-refractivity contribution in [3.8, 4) is 0 Å². The maximum Gasteiger partial charge on any atom is 0.236 e. The lowest BCUT2D eigenvalue weighted by atomic mass is 10.1. The average Bonchev–Trinajstić information content (AvgIpc) is 2.47. The van der Waals surface area contributed by atoms with Crippen LogP contribution in [0, 0.1) is 0 Å². The molecule has 0 aliphatic carbocycles. The number of nitrogens with zero attached hydrogens (tertiary/aromatic N) is 1. The number of hydrogen-bond acceptors (Lipinski definition) is 4. The first-order valence-corrected chi connectivity index (χ1v) is 7.06. The standard InChI is InChI=1S/C15H23N3O2/c1-12(16)15(19)17-10-13-2-4-14(5-3-13)11-18-6-8-20-9-7-18/h2-5,12H,6-11,16H2,1H3,(H,17,19)/t12-/m1/s1. The monoisotopic (exact) mass is 277 g/mol. The number of morpholine rings is 1. The molecule has 0 aromatic heterocycles. The van der Waals surface area contributed by atoms with Crippen molar-refractivity contribution in [2.24, 2.45) is 5.73 Å². The summed E-state index contributed by atoms with van der Waals surface area (Å²) in [7, 11) is 0. The zero-order valence-corrected chi connectivity index (χ0v) is 12.0. The lowest BCUT2D eigenvalue weighted by molar-refractivity contribution is -0.122. The molecule has 0 unspecified atom stereocenters. The third-order valence-electron chi connectivity index (χ3n) is 3.41. The maximum atomic E-state index is 11.4. The van der Waals surface area contributed by atoms with Crippen LogP contribution >= 0.6 is 0 Å². The molecule has 1 amide bonds. The van der Waals surface area contributed by atoms with Crippen molar-refractivity contribution in [2.75, 3.05) is 26.3 Å². The van der Waals surface area contributed by atoms with Crippen molar-refractivity contribution in [3.05, 3.63) is 35.4 Å². The molecule has 20 heavy (non-hydrogen) atoms. The SMILES string of the molecule is C[C@@H](N)C(=O)NCc1ccc(CN2CCOCC2)cc1. The summed E-state index contributed by atoms with van der Waals surface area (Å²) < 4.78 is 5.34. The molecule has 110 valence electrons. The normalized spacial score (nSPS) is 17.7. The first-order valence-electron chi connectivity index (χ1n) is 7.06. The van der Waals surface area contributed by atoms with E-state index >= 15 is 0 Å². The summed E-state index contributed by atoms with van der Waals surface area (Å²) in [5.41, 5.74) is 7.87. The van der Waals surface area contributed by atoms with Crippen molar-refractivity contribution in [3.63, 3.8) is 0 Å². The Labute approximate surface area is 120 Å². The first kappa shape index (κ1) is 15.0. The molecule has 1 heterocycles. The van der Waals surface area contributed by atoms with E-state index in [2.05, 4.69) is 34.5 Å². The zero-order valence-electron chi connectivity index (χ0n) is 12.0. The minimum atomic E-state index is -0.462. The smallest absolute Gasteiger partial charge is 0.236 e. The van der Waals surface area contributed by atoms with E-state index in [0.29, 0.717) is 6.54 Å². The number of rotatable bonds is 5. The molecule has 1 fully saturated rings. The lowest BCUT2D eigenvalue weighted by Crippen LogP contribution is -2.37. The van der Waals surface area contributed by atoms with Gasteiger partial charge in [0, 0.05) is 26.2 Å². The van der Waals surface area contributed by atoms with E-state index < -0.39 is 6.04 Å². The minimum Gasteiger partial charge on any atom is -0.379 e. The molecular weight excluding hydrogens is 254 g/mol. The highest BCUT2D eigenvalue weighted by Crippen LogP contribution is 2.09. The van der Waals surface area contributed by atoms with Crippen LogP contribution in [0.15, 0.2) is 24.3 Å². The van der Waals surface area contributed by atoms with Gasteiger partial charge in [0.2, 0.25) is 5.91 Å². The number of carbonyl (C=O) groups excluding carboxylic acids is 1. The third kappa shape index (κ3) is 4.59. The summed E-state index contributed by atoms with van der Waals surface area (Å²) in [6.45, 7) is 6.79. The van der Waals surface area contributed by atoms with Crippen LogP contribution < -0.4 is 11.1 Å². The lowest BCUT2D eigenvalue weighted by Gasteiger charge is -2.26. The van der Waals surface area contributed by atoms with Crippen molar-refractivity contribution in [1.82, 2.24) is 10.2 Å². The summed E-state index contributed by atoms with van der Waals surface area (Å²) in [5.74, 6) is -0.123. The number of nitrogens with two attached hydrogens (primary N) is 1. The van der Waals surface area contributed by atoms with Gasteiger partial charge in [0.1, 0.15) is 0 Å².